The van der Waals surface area contributed by atoms with E-state index in [0.717, 1.165) is 0 Å². The topological polar surface area (TPSA) is 71.3 Å². The van der Waals surface area contributed by atoms with Crippen LogP contribution in [0.4, 0.5) is 5.69 Å². The van der Waals surface area contributed by atoms with E-state index in [1.807, 2.05) is 6.92 Å². The molecule has 104 valence electrons. The van der Waals surface area contributed by atoms with Gasteiger partial charge in [0, 0.05) is 17.8 Å². The van der Waals surface area contributed by atoms with Crippen molar-refractivity contribution < 1.29 is 14.7 Å². The molecule has 0 saturated carbocycles. The molecule has 0 bridgehead atoms. The van der Waals surface area contributed by atoms with Crippen LogP contribution in [0.5, 0.6) is 0 Å². The number of aryl methyl sites for hydroxylation is 1. The zero-order valence-electron chi connectivity index (χ0n) is 10.8. The normalized spacial score (nSPS) is 10.3. The van der Waals surface area contributed by atoms with Gasteiger partial charge in [-0.2, -0.15) is 0 Å². The maximum absolute atomic E-state index is 12.2. The fourth-order valence-corrected chi connectivity index (χ4v) is 2.06. The van der Waals surface area contributed by atoms with Gasteiger partial charge in [-0.15, -0.1) is 0 Å². The van der Waals surface area contributed by atoms with Crippen molar-refractivity contribution in [2.75, 3.05) is 5.32 Å². The Labute approximate surface area is 120 Å². The number of benzene rings is 1. The molecule has 1 amide bonds. The van der Waals surface area contributed by atoms with Crippen LogP contribution in [0.1, 0.15) is 27.8 Å². The summed E-state index contributed by atoms with van der Waals surface area (Å²) in [5.41, 5.74) is 0.648. The molecule has 0 aliphatic rings. The summed E-state index contributed by atoms with van der Waals surface area (Å²) in [6, 6.07) is 7.75. The van der Waals surface area contributed by atoms with Crippen molar-refractivity contribution >= 4 is 29.2 Å². The zero-order valence-corrected chi connectivity index (χ0v) is 11.5. The molecule has 0 spiro atoms. The first-order chi connectivity index (χ1) is 9.52. The summed E-state index contributed by atoms with van der Waals surface area (Å²) in [5.74, 6) is -1.50. The van der Waals surface area contributed by atoms with Gasteiger partial charge >= 0.3 is 5.97 Å². The molecule has 0 atom stereocenters. The highest BCUT2D eigenvalue weighted by molar-refractivity contribution is 6.31. The Hall–Kier alpha value is -2.27. The number of hydrogen-bond acceptors (Lipinski definition) is 2. The van der Waals surface area contributed by atoms with E-state index in [1.165, 1.54) is 18.2 Å². The number of carbonyl (C=O) groups is 2. The van der Waals surface area contributed by atoms with E-state index in [9.17, 15) is 9.59 Å². The van der Waals surface area contributed by atoms with Gasteiger partial charge in [-0.25, -0.2) is 4.79 Å². The van der Waals surface area contributed by atoms with Crippen LogP contribution < -0.4 is 5.32 Å². The first kappa shape index (κ1) is 14.1. The number of amides is 1. The SMILES string of the molecule is CCn1cccc1C(=O)Nc1ccc(Cl)cc1C(=O)O. The van der Waals surface area contributed by atoms with Gasteiger partial charge in [0.2, 0.25) is 0 Å². The number of aromatic carboxylic acids is 1. The third-order valence-electron chi connectivity index (χ3n) is 2.86. The van der Waals surface area contributed by atoms with Crippen molar-refractivity contribution in [2.24, 2.45) is 0 Å². The Balaban J connectivity index is 2.31. The quantitative estimate of drug-likeness (QED) is 0.909. The number of nitrogens with zero attached hydrogens (tertiary/aromatic N) is 1. The van der Waals surface area contributed by atoms with E-state index in [1.54, 1.807) is 22.9 Å². The largest absolute Gasteiger partial charge is 0.478 e. The second-order valence-electron chi connectivity index (χ2n) is 4.13. The van der Waals surface area contributed by atoms with Crippen molar-refractivity contribution in [1.82, 2.24) is 4.57 Å². The minimum atomic E-state index is -1.14. The first-order valence-electron chi connectivity index (χ1n) is 6.02. The Morgan fingerprint density at radius 2 is 2.10 bits per heavy atom. The summed E-state index contributed by atoms with van der Waals surface area (Å²) in [5, 5.41) is 12.0. The van der Waals surface area contributed by atoms with Gasteiger partial charge in [0.1, 0.15) is 5.69 Å². The Bertz CT molecular complexity index is 664. The van der Waals surface area contributed by atoms with Crippen molar-refractivity contribution in [3.8, 4) is 0 Å². The number of carbonyl (C=O) groups excluding carboxylic acids is 1. The van der Waals surface area contributed by atoms with Crippen LogP contribution in [0.25, 0.3) is 0 Å². The number of halogens is 1. The molecule has 0 unspecified atom stereocenters. The maximum Gasteiger partial charge on any atom is 0.337 e. The van der Waals surface area contributed by atoms with Gasteiger partial charge in [0.05, 0.1) is 11.3 Å². The lowest BCUT2D eigenvalue weighted by Crippen LogP contribution is -2.18. The predicted octanol–water partition coefficient (Wildman–Crippen LogP) is 3.11. The van der Waals surface area contributed by atoms with Crippen molar-refractivity contribution in [2.45, 2.75) is 13.5 Å². The van der Waals surface area contributed by atoms with Crippen LogP contribution in [0, 0.1) is 0 Å². The number of nitrogens with one attached hydrogen (secondary N) is 1. The molecule has 2 rings (SSSR count). The maximum atomic E-state index is 12.2. The average Bonchev–Trinajstić information content (AvgIpc) is 2.89. The van der Waals surface area contributed by atoms with Crippen LogP contribution in [0.2, 0.25) is 5.02 Å². The number of aromatic nitrogens is 1. The molecule has 0 aliphatic heterocycles. The van der Waals surface area contributed by atoms with Crippen LogP contribution in [-0.4, -0.2) is 21.6 Å². The number of hydrogen-bond donors (Lipinski definition) is 2. The molecule has 0 radical (unpaired) electrons. The van der Waals surface area contributed by atoms with E-state index in [4.69, 9.17) is 16.7 Å². The van der Waals surface area contributed by atoms with Gasteiger partial charge in [0.25, 0.3) is 5.91 Å². The molecule has 6 heteroatoms. The van der Waals surface area contributed by atoms with E-state index < -0.39 is 5.97 Å². The Kier molecular flexibility index (Phi) is 4.10. The lowest BCUT2D eigenvalue weighted by atomic mass is 10.1. The van der Waals surface area contributed by atoms with Crippen molar-refractivity contribution in [3.63, 3.8) is 0 Å². The summed E-state index contributed by atoms with van der Waals surface area (Å²) in [4.78, 5) is 23.3. The minimum Gasteiger partial charge on any atom is -0.478 e. The highest BCUT2D eigenvalue weighted by Crippen LogP contribution is 2.21. The number of anilines is 1. The monoisotopic (exact) mass is 292 g/mol. The molecular weight excluding hydrogens is 280 g/mol. The summed E-state index contributed by atoms with van der Waals surface area (Å²) >= 11 is 5.76. The summed E-state index contributed by atoms with van der Waals surface area (Å²) in [6.45, 7) is 2.57. The molecule has 20 heavy (non-hydrogen) atoms. The molecule has 5 nitrogen and oxygen atoms in total. The summed E-state index contributed by atoms with van der Waals surface area (Å²) in [6.07, 6.45) is 1.79. The molecular formula is C14H13ClN2O3. The Morgan fingerprint density at radius 3 is 2.75 bits per heavy atom. The lowest BCUT2D eigenvalue weighted by Gasteiger charge is -2.10. The second kappa shape index (κ2) is 5.79. The fourth-order valence-electron chi connectivity index (χ4n) is 1.88. The summed E-state index contributed by atoms with van der Waals surface area (Å²) < 4.78 is 1.77. The molecule has 0 fully saturated rings. The van der Waals surface area contributed by atoms with Gasteiger partial charge in [-0.05, 0) is 37.3 Å². The standard InChI is InChI=1S/C14H13ClN2O3/c1-2-17-7-3-4-12(17)13(18)16-11-6-5-9(15)8-10(11)14(19)20/h3-8H,2H2,1H3,(H,16,18)(H,19,20). The third kappa shape index (κ3) is 2.83. The van der Waals surface area contributed by atoms with E-state index >= 15 is 0 Å². The smallest absolute Gasteiger partial charge is 0.337 e. The molecule has 0 saturated heterocycles. The van der Waals surface area contributed by atoms with Gasteiger partial charge in [0.15, 0.2) is 0 Å². The van der Waals surface area contributed by atoms with Gasteiger partial charge in [-0.3, -0.25) is 4.79 Å². The van der Waals surface area contributed by atoms with E-state index in [0.29, 0.717) is 17.3 Å². The minimum absolute atomic E-state index is 0.0412. The van der Waals surface area contributed by atoms with Gasteiger partial charge < -0.3 is 15.0 Å². The second-order valence-corrected chi connectivity index (χ2v) is 4.57. The van der Waals surface area contributed by atoms with Crippen molar-refractivity contribution in [1.29, 1.82) is 0 Å². The third-order valence-corrected chi connectivity index (χ3v) is 3.10. The Morgan fingerprint density at radius 1 is 1.35 bits per heavy atom. The molecule has 0 aliphatic carbocycles. The molecule has 1 aromatic carbocycles. The number of carboxylic acids is 1. The molecule has 1 heterocycles. The summed E-state index contributed by atoms with van der Waals surface area (Å²) in [7, 11) is 0. The van der Waals surface area contributed by atoms with Crippen LogP contribution in [0.3, 0.4) is 0 Å². The zero-order chi connectivity index (χ0) is 14.7. The van der Waals surface area contributed by atoms with Crippen LogP contribution >= 0.6 is 11.6 Å². The molecule has 1 aromatic heterocycles. The van der Waals surface area contributed by atoms with Gasteiger partial charge in [-0.1, -0.05) is 11.6 Å². The van der Waals surface area contributed by atoms with E-state index in [-0.39, 0.29) is 17.2 Å². The predicted molar refractivity (Wildman–Crippen MR) is 76.5 cm³/mol. The highest BCUT2D eigenvalue weighted by atomic mass is 35.5. The fraction of sp³-hybridized carbons (Fsp3) is 0.143. The lowest BCUT2D eigenvalue weighted by molar-refractivity contribution is 0.0698. The highest BCUT2D eigenvalue weighted by Gasteiger charge is 2.15. The number of carboxylic acid groups (broad SMARTS) is 1. The van der Waals surface area contributed by atoms with Crippen LogP contribution in [-0.2, 0) is 6.54 Å². The number of rotatable bonds is 4. The molecule has 2 aromatic rings. The van der Waals surface area contributed by atoms with Crippen molar-refractivity contribution in [3.05, 3.63) is 52.8 Å². The molecule has 2 N–H and O–H groups in total. The van der Waals surface area contributed by atoms with E-state index in [2.05, 4.69) is 5.32 Å². The first-order valence-corrected chi connectivity index (χ1v) is 6.40. The van der Waals surface area contributed by atoms with Crippen LogP contribution in [0.15, 0.2) is 36.5 Å². The average molecular weight is 293 g/mol.